The Labute approximate surface area is 124 Å². The zero-order valence-corrected chi connectivity index (χ0v) is 11.9. The fourth-order valence-corrected chi connectivity index (χ4v) is 2.25. The number of hydrazine groups is 2. The van der Waals surface area contributed by atoms with E-state index in [1.54, 1.807) is 13.8 Å². The summed E-state index contributed by atoms with van der Waals surface area (Å²) in [5, 5.41) is 11.3. The van der Waals surface area contributed by atoms with Crippen molar-refractivity contribution in [3.05, 3.63) is 17.5 Å². The molecule has 0 saturated heterocycles. The summed E-state index contributed by atoms with van der Waals surface area (Å²) in [5.74, 6) is 11.3. The van der Waals surface area contributed by atoms with Gasteiger partial charge in [-0.05, 0) is 25.0 Å². The number of nitrogens with two attached hydrogens (primary N) is 4. The normalized spacial score (nSPS) is 10.7. The van der Waals surface area contributed by atoms with E-state index in [1.807, 2.05) is 0 Å². The Bertz CT molecular complexity index is 783. The SMILES string of the molecule is Cc1c(C)c(N(N)C(N)=O)c2c(ncn2O)c1N(N)C(N)=O. The van der Waals surface area contributed by atoms with Crippen LogP contribution in [-0.4, -0.2) is 27.0 Å². The van der Waals surface area contributed by atoms with Crippen molar-refractivity contribution in [1.29, 1.82) is 0 Å². The maximum Gasteiger partial charge on any atom is 0.333 e. The summed E-state index contributed by atoms with van der Waals surface area (Å²) in [7, 11) is 0. The number of fused-ring (bicyclic) bond motifs is 1. The van der Waals surface area contributed by atoms with E-state index in [4.69, 9.17) is 23.2 Å². The second-order valence-electron chi connectivity index (χ2n) is 4.65. The van der Waals surface area contributed by atoms with Gasteiger partial charge in [0, 0.05) is 0 Å². The van der Waals surface area contributed by atoms with Crippen molar-refractivity contribution in [3.63, 3.8) is 0 Å². The van der Waals surface area contributed by atoms with E-state index in [9.17, 15) is 14.8 Å². The van der Waals surface area contributed by atoms with Crippen LogP contribution in [0.2, 0.25) is 0 Å². The van der Waals surface area contributed by atoms with Crippen LogP contribution < -0.4 is 33.2 Å². The van der Waals surface area contributed by atoms with Crippen molar-refractivity contribution in [3.8, 4) is 0 Å². The lowest BCUT2D eigenvalue weighted by atomic mass is 10.0. The highest BCUT2D eigenvalue weighted by molar-refractivity contribution is 6.09. The molecular weight excluding hydrogens is 292 g/mol. The molecule has 11 heteroatoms. The van der Waals surface area contributed by atoms with Crippen LogP contribution in [0.4, 0.5) is 21.0 Å². The van der Waals surface area contributed by atoms with Crippen LogP contribution in [0.25, 0.3) is 11.0 Å². The summed E-state index contributed by atoms with van der Waals surface area (Å²) in [5.41, 5.74) is 11.9. The van der Waals surface area contributed by atoms with Gasteiger partial charge in [-0.15, -0.1) is 0 Å². The van der Waals surface area contributed by atoms with Crippen LogP contribution in [0.3, 0.4) is 0 Å². The van der Waals surface area contributed by atoms with E-state index in [0.29, 0.717) is 25.9 Å². The molecule has 2 rings (SSSR count). The van der Waals surface area contributed by atoms with Crippen molar-refractivity contribution in [2.45, 2.75) is 13.8 Å². The highest BCUT2D eigenvalue weighted by Gasteiger charge is 2.26. The summed E-state index contributed by atoms with van der Waals surface area (Å²) in [4.78, 5) is 26.7. The van der Waals surface area contributed by atoms with Crippen molar-refractivity contribution < 1.29 is 14.8 Å². The molecule has 0 radical (unpaired) electrons. The lowest BCUT2D eigenvalue weighted by Gasteiger charge is -2.24. The van der Waals surface area contributed by atoms with Gasteiger partial charge in [-0.1, -0.05) is 0 Å². The van der Waals surface area contributed by atoms with E-state index in [-0.39, 0.29) is 22.4 Å². The molecule has 4 amide bonds. The summed E-state index contributed by atoms with van der Waals surface area (Å²) < 4.78 is 0.651. The monoisotopic (exact) mass is 308 g/mol. The Morgan fingerprint density at radius 2 is 1.55 bits per heavy atom. The molecule has 22 heavy (non-hydrogen) atoms. The number of urea groups is 2. The van der Waals surface area contributed by atoms with Gasteiger partial charge in [0.2, 0.25) is 0 Å². The number of benzene rings is 1. The molecule has 9 N–H and O–H groups in total. The number of amides is 4. The van der Waals surface area contributed by atoms with Gasteiger partial charge < -0.3 is 16.7 Å². The first-order valence-electron chi connectivity index (χ1n) is 6.06. The molecule has 1 aromatic carbocycles. The van der Waals surface area contributed by atoms with Crippen LogP contribution in [-0.2, 0) is 0 Å². The number of primary amides is 2. The zero-order chi connectivity index (χ0) is 16.8. The Hall–Kier alpha value is -3.05. The zero-order valence-electron chi connectivity index (χ0n) is 11.9. The topological polar surface area (TPSA) is 183 Å². The number of anilines is 2. The summed E-state index contributed by atoms with van der Waals surface area (Å²) >= 11 is 0. The number of carbonyl (C=O) groups is 2. The van der Waals surface area contributed by atoms with Crippen LogP contribution in [0.5, 0.6) is 0 Å². The Morgan fingerprint density at radius 1 is 1.09 bits per heavy atom. The van der Waals surface area contributed by atoms with Gasteiger partial charge in [-0.2, -0.15) is 4.73 Å². The predicted molar refractivity (Wildman–Crippen MR) is 78.9 cm³/mol. The third kappa shape index (κ3) is 2.04. The van der Waals surface area contributed by atoms with Gasteiger partial charge in [0.15, 0.2) is 0 Å². The van der Waals surface area contributed by atoms with Gasteiger partial charge >= 0.3 is 12.1 Å². The summed E-state index contributed by atoms with van der Waals surface area (Å²) in [6.07, 6.45) is 1.07. The average Bonchev–Trinajstić information content (AvgIpc) is 2.81. The third-order valence-electron chi connectivity index (χ3n) is 3.43. The Balaban J connectivity index is 2.94. The molecule has 0 saturated carbocycles. The summed E-state index contributed by atoms with van der Waals surface area (Å²) in [6.45, 7) is 3.26. The highest BCUT2D eigenvalue weighted by atomic mass is 16.5. The molecule has 0 aliphatic carbocycles. The first kappa shape index (κ1) is 15.3. The Morgan fingerprint density at radius 3 is 2.05 bits per heavy atom. The molecule has 1 aromatic heterocycles. The molecule has 1 heterocycles. The highest BCUT2D eigenvalue weighted by Crippen LogP contribution is 2.38. The molecule has 0 aliphatic rings. The first-order chi connectivity index (χ1) is 10.2. The summed E-state index contributed by atoms with van der Waals surface area (Å²) in [6, 6.07) is -1.85. The standard InChI is InChI=1S/C11H16N8O3/c1-4-5(2)8(19(15)11(13)21)9-6(16-3-17(9)22)7(4)18(14)10(12)20/h3,22H,14-15H2,1-2H3,(H2,12,20)(H2,13,21). The second kappa shape index (κ2) is 5.05. The lowest BCUT2D eigenvalue weighted by molar-refractivity contribution is 0.198. The maximum absolute atomic E-state index is 11.4. The maximum atomic E-state index is 11.4. The van der Waals surface area contributed by atoms with E-state index < -0.39 is 12.1 Å². The third-order valence-corrected chi connectivity index (χ3v) is 3.43. The van der Waals surface area contributed by atoms with Crippen LogP contribution in [0.1, 0.15) is 11.1 Å². The number of hydrogen-bond donors (Lipinski definition) is 5. The minimum absolute atomic E-state index is 0.0658. The van der Waals surface area contributed by atoms with E-state index in [1.165, 1.54) is 0 Å². The molecular formula is C11H16N8O3. The van der Waals surface area contributed by atoms with Crippen molar-refractivity contribution in [2.75, 3.05) is 10.0 Å². The van der Waals surface area contributed by atoms with E-state index >= 15 is 0 Å². The van der Waals surface area contributed by atoms with Crippen molar-refractivity contribution >= 4 is 34.5 Å². The molecule has 118 valence electrons. The molecule has 0 atom stereocenters. The van der Waals surface area contributed by atoms with Crippen molar-refractivity contribution in [1.82, 2.24) is 9.71 Å². The molecule has 0 spiro atoms. The number of rotatable bonds is 2. The van der Waals surface area contributed by atoms with Gasteiger partial charge in [0.25, 0.3) is 0 Å². The molecule has 2 aromatic rings. The number of hydrogen-bond acceptors (Lipinski definition) is 6. The van der Waals surface area contributed by atoms with E-state index in [2.05, 4.69) is 4.98 Å². The fraction of sp³-hybridized carbons (Fsp3) is 0.182. The minimum atomic E-state index is -0.933. The second-order valence-corrected chi connectivity index (χ2v) is 4.65. The molecule has 11 nitrogen and oxygen atoms in total. The van der Waals surface area contributed by atoms with Crippen LogP contribution in [0, 0.1) is 13.8 Å². The predicted octanol–water partition coefficient (Wildman–Crippen LogP) is -0.592. The molecule has 0 bridgehead atoms. The van der Waals surface area contributed by atoms with Gasteiger partial charge in [0.1, 0.15) is 17.4 Å². The molecule has 0 aliphatic heterocycles. The molecule has 0 fully saturated rings. The quantitative estimate of drug-likeness (QED) is 0.213. The number of imidazole rings is 1. The largest absolute Gasteiger partial charge is 0.427 e. The van der Waals surface area contributed by atoms with E-state index in [0.717, 1.165) is 6.33 Å². The number of nitrogens with zero attached hydrogens (tertiary/aromatic N) is 4. The van der Waals surface area contributed by atoms with Gasteiger partial charge in [-0.25, -0.2) is 36.3 Å². The number of carbonyl (C=O) groups excluding carboxylic acids is 2. The first-order valence-corrected chi connectivity index (χ1v) is 6.06. The molecule has 0 unspecified atom stereocenters. The van der Waals surface area contributed by atoms with Crippen molar-refractivity contribution in [2.24, 2.45) is 23.2 Å². The van der Waals surface area contributed by atoms with Gasteiger partial charge in [0.05, 0.1) is 11.4 Å². The fourth-order valence-electron chi connectivity index (χ4n) is 2.25. The van der Waals surface area contributed by atoms with Crippen LogP contribution in [0.15, 0.2) is 6.33 Å². The average molecular weight is 308 g/mol. The Kier molecular flexibility index (Phi) is 3.52. The lowest BCUT2D eigenvalue weighted by Crippen LogP contribution is -2.44. The minimum Gasteiger partial charge on any atom is -0.427 e. The number of aromatic nitrogens is 2. The smallest absolute Gasteiger partial charge is 0.333 e. The van der Waals surface area contributed by atoms with Gasteiger partial charge in [-0.3, -0.25) is 0 Å². The van der Waals surface area contributed by atoms with Crippen LogP contribution >= 0.6 is 0 Å².